The summed E-state index contributed by atoms with van der Waals surface area (Å²) in [4.78, 5) is 25.7. The monoisotopic (exact) mass is 296 g/mol. The van der Waals surface area contributed by atoms with E-state index in [1.807, 2.05) is 0 Å². The maximum absolute atomic E-state index is 13.6. The van der Waals surface area contributed by atoms with Crippen LogP contribution in [-0.4, -0.2) is 29.3 Å². The van der Waals surface area contributed by atoms with Gasteiger partial charge in [0, 0.05) is 24.0 Å². The number of benzene rings is 1. The van der Waals surface area contributed by atoms with Gasteiger partial charge >= 0.3 is 0 Å². The van der Waals surface area contributed by atoms with Crippen molar-refractivity contribution >= 4 is 29.1 Å². The standard InChI is InChI=1S/C14H14ClFN2O2/c15-9-1-4-12(11(16)6-9)17-14(20)8-5-13(19)18(7-8)10-2-3-10/h1,4,6,8,10H,2-3,5,7H2,(H,17,20)/t8-/m0/s1. The lowest BCUT2D eigenvalue weighted by Crippen LogP contribution is -2.30. The van der Waals surface area contributed by atoms with Crippen molar-refractivity contribution in [3.05, 3.63) is 29.0 Å². The quantitative estimate of drug-likeness (QED) is 0.931. The molecule has 1 aromatic carbocycles. The predicted octanol–water partition coefficient (Wildman–Crippen LogP) is 2.43. The number of hydrogen-bond acceptors (Lipinski definition) is 2. The molecule has 0 bridgehead atoms. The Bertz CT molecular complexity index is 574. The third-order valence-corrected chi connectivity index (χ3v) is 3.94. The van der Waals surface area contributed by atoms with Gasteiger partial charge in [-0.3, -0.25) is 9.59 Å². The van der Waals surface area contributed by atoms with Crippen molar-refractivity contribution in [1.29, 1.82) is 0 Å². The van der Waals surface area contributed by atoms with Crippen molar-refractivity contribution in [2.75, 3.05) is 11.9 Å². The minimum Gasteiger partial charge on any atom is -0.339 e. The number of amides is 2. The molecule has 1 aliphatic carbocycles. The molecule has 2 amide bonds. The molecule has 2 fully saturated rings. The smallest absolute Gasteiger partial charge is 0.229 e. The fraction of sp³-hybridized carbons (Fsp3) is 0.429. The second kappa shape index (κ2) is 5.05. The van der Waals surface area contributed by atoms with Crippen LogP contribution in [-0.2, 0) is 9.59 Å². The zero-order valence-corrected chi connectivity index (χ0v) is 11.5. The van der Waals surface area contributed by atoms with Crippen LogP contribution in [0.5, 0.6) is 0 Å². The second-order valence-electron chi connectivity index (χ2n) is 5.29. The molecule has 1 heterocycles. The van der Waals surface area contributed by atoms with Gasteiger partial charge in [0.15, 0.2) is 0 Å². The summed E-state index contributed by atoms with van der Waals surface area (Å²) in [6, 6.07) is 4.39. The van der Waals surface area contributed by atoms with E-state index in [4.69, 9.17) is 11.6 Å². The molecule has 0 unspecified atom stereocenters. The van der Waals surface area contributed by atoms with E-state index in [-0.39, 0.29) is 28.9 Å². The molecular weight excluding hydrogens is 283 g/mol. The molecule has 0 radical (unpaired) electrons. The Morgan fingerprint density at radius 3 is 2.80 bits per heavy atom. The molecule has 3 rings (SSSR count). The fourth-order valence-electron chi connectivity index (χ4n) is 2.47. The Balaban J connectivity index is 1.66. The number of hydrogen-bond donors (Lipinski definition) is 1. The first kappa shape index (κ1) is 13.4. The largest absolute Gasteiger partial charge is 0.339 e. The molecule has 6 heteroatoms. The normalized spacial score (nSPS) is 22.2. The summed E-state index contributed by atoms with van der Waals surface area (Å²) < 4.78 is 13.6. The van der Waals surface area contributed by atoms with Crippen molar-refractivity contribution in [2.45, 2.75) is 25.3 Å². The predicted molar refractivity (Wildman–Crippen MR) is 72.9 cm³/mol. The number of carbonyl (C=O) groups is 2. The zero-order valence-electron chi connectivity index (χ0n) is 10.7. The van der Waals surface area contributed by atoms with Gasteiger partial charge in [-0.05, 0) is 31.0 Å². The summed E-state index contributed by atoms with van der Waals surface area (Å²) in [6.45, 7) is 0.435. The SMILES string of the molecule is O=C(Nc1ccc(Cl)cc1F)[C@H]1CC(=O)N(C2CC2)C1. The van der Waals surface area contributed by atoms with Gasteiger partial charge in [-0.1, -0.05) is 11.6 Å². The average Bonchev–Trinajstić information content (AvgIpc) is 3.16. The van der Waals surface area contributed by atoms with Gasteiger partial charge in [-0.25, -0.2) is 4.39 Å². The van der Waals surface area contributed by atoms with Gasteiger partial charge in [-0.15, -0.1) is 0 Å². The van der Waals surface area contributed by atoms with Crippen LogP contribution in [0.25, 0.3) is 0 Å². The number of anilines is 1. The lowest BCUT2D eigenvalue weighted by atomic mass is 10.1. The van der Waals surface area contributed by atoms with E-state index in [2.05, 4.69) is 5.32 Å². The van der Waals surface area contributed by atoms with Crippen LogP contribution in [0.15, 0.2) is 18.2 Å². The summed E-state index contributed by atoms with van der Waals surface area (Å²) in [7, 11) is 0. The third-order valence-electron chi connectivity index (χ3n) is 3.71. The van der Waals surface area contributed by atoms with Crippen molar-refractivity contribution in [3.63, 3.8) is 0 Å². The number of carbonyl (C=O) groups excluding carboxylic acids is 2. The second-order valence-corrected chi connectivity index (χ2v) is 5.73. The highest BCUT2D eigenvalue weighted by atomic mass is 35.5. The maximum atomic E-state index is 13.6. The molecule has 0 spiro atoms. The molecular formula is C14H14ClFN2O2. The van der Waals surface area contributed by atoms with Crippen LogP contribution in [0, 0.1) is 11.7 Å². The van der Waals surface area contributed by atoms with Crippen LogP contribution in [0.1, 0.15) is 19.3 Å². The molecule has 1 aromatic rings. The van der Waals surface area contributed by atoms with E-state index in [0.717, 1.165) is 18.9 Å². The van der Waals surface area contributed by atoms with E-state index >= 15 is 0 Å². The molecule has 0 aromatic heterocycles. The first-order chi connectivity index (χ1) is 9.54. The van der Waals surface area contributed by atoms with Crippen LogP contribution in [0.4, 0.5) is 10.1 Å². The number of nitrogens with zero attached hydrogens (tertiary/aromatic N) is 1. The van der Waals surface area contributed by atoms with Crippen molar-refractivity contribution in [1.82, 2.24) is 4.90 Å². The third kappa shape index (κ3) is 2.63. The van der Waals surface area contributed by atoms with Crippen molar-refractivity contribution in [3.8, 4) is 0 Å². The van der Waals surface area contributed by atoms with Gasteiger partial charge in [0.1, 0.15) is 5.82 Å². The summed E-state index contributed by atoms with van der Waals surface area (Å²) in [5.74, 6) is -1.28. The molecule has 1 N–H and O–H groups in total. The Kier molecular flexibility index (Phi) is 3.38. The summed E-state index contributed by atoms with van der Waals surface area (Å²) in [5.41, 5.74) is 0.0942. The van der Waals surface area contributed by atoms with E-state index in [9.17, 15) is 14.0 Å². The Labute approximate surface area is 120 Å². The highest BCUT2D eigenvalue weighted by Crippen LogP contribution is 2.33. The molecule has 4 nitrogen and oxygen atoms in total. The molecule has 106 valence electrons. The van der Waals surface area contributed by atoms with Gasteiger partial charge in [0.05, 0.1) is 11.6 Å². The van der Waals surface area contributed by atoms with Gasteiger partial charge in [0.2, 0.25) is 11.8 Å². The van der Waals surface area contributed by atoms with Crippen molar-refractivity contribution < 1.29 is 14.0 Å². The summed E-state index contributed by atoms with van der Waals surface area (Å²) in [6.07, 6.45) is 2.25. The number of halogens is 2. The first-order valence-corrected chi connectivity index (χ1v) is 6.98. The topological polar surface area (TPSA) is 49.4 Å². The maximum Gasteiger partial charge on any atom is 0.229 e. The lowest BCUT2D eigenvalue weighted by Gasteiger charge is -2.15. The zero-order chi connectivity index (χ0) is 14.3. The van der Waals surface area contributed by atoms with E-state index in [1.54, 1.807) is 4.90 Å². The minimum atomic E-state index is -0.575. The highest BCUT2D eigenvalue weighted by molar-refractivity contribution is 6.30. The van der Waals surface area contributed by atoms with Gasteiger partial charge in [-0.2, -0.15) is 0 Å². The summed E-state index contributed by atoms with van der Waals surface area (Å²) in [5, 5.41) is 2.80. The molecule has 2 aliphatic rings. The van der Waals surface area contributed by atoms with Crippen LogP contribution < -0.4 is 5.32 Å². The molecule has 1 saturated carbocycles. The highest BCUT2D eigenvalue weighted by Gasteiger charge is 2.41. The minimum absolute atomic E-state index is 0.0178. The Morgan fingerprint density at radius 2 is 2.15 bits per heavy atom. The fourth-order valence-corrected chi connectivity index (χ4v) is 2.63. The molecule has 1 aliphatic heterocycles. The number of nitrogens with one attached hydrogen (secondary N) is 1. The number of likely N-dealkylation sites (tertiary alicyclic amines) is 1. The molecule has 1 saturated heterocycles. The summed E-state index contributed by atoms with van der Waals surface area (Å²) >= 11 is 5.66. The Hall–Kier alpha value is -1.62. The molecule has 1 atom stereocenters. The van der Waals surface area contributed by atoms with E-state index in [0.29, 0.717) is 12.6 Å². The van der Waals surface area contributed by atoms with Crippen LogP contribution in [0.2, 0.25) is 5.02 Å². The van der Waals surface area contributed by atoms with Crippen LogP contribution in [0.3, 0.4) is 0 Å². The van der Waals surface area contributed by atoms with E-state index in [1.165, 1.54) is 12.1 Å². The Morgan fingerprint density at radius 1 is 1.40 bits per heavy atom. The van der Waals surface area contributed by atoms with E-state index < -0.39 is 11.7 Å². The molecule has 20 heavy (non-hydrogen) atoms. The lowest BCUT2D eigenvalue weighted by molar-refractivity contribution is -0.128. The van der Waals surface area contributed by atoms with Crippen LogP contribution >= 0.6 is 11.6 Å². The van der Waals surface area contributed by atoms with Crippen molar-refractivity contribution in [2.24, 2.45) is 5.92 Å². The van der Waals surface area contributed by atoms with Gasteiger partial charge < -0.3 is 10.2 Å². The average molecular weight is 297 g/mol. The van der Waals surface area contributed by atoms with Gasteiger partial charge in [0.25, 0.3) is 0 Å². The first-order valence-electron chi connectivity index (χ1n) is 6.60. The number of rotatable bonds is 3.